The number of ether oxygens (including phenoxy) is 1. The quantitative estimate of drug-likeness (QED) is 0.588. The van der Waals surface area contributed by atoms with Crippen molar-refractivity contribution in [1.82, 2.24) is 0 Å². The number of methoxy groups -OCH3 is 1. The molecule has 0 atom stereocenters. The summed E-state index contributed by atoms with van der Waals surface area (Å²) >= 11 is 0. The molecule has 0 saturated heterocycles. The summed E-state index contributed by atoms with van der Waals surface area (Å²) in [6.07, 6.45) is 0.805. The van der Waals surface area contributed by atoms with Crippen molar-refractivity contribution in [2.75, 3.05) is 7.11 Å². The standard InChI is InChI=1S/C8H8O2.H2O/c1-10-8-4-2-7(6-9)3-5-8;/h2-6H,1H3;1H2. The number of hydrogen-bond acceptors (Lipinski definition) is 2. The second kappa shape index (κ2) is 4.46. The molecule has 2 N–H and O–H groups in total. The van der Waals surface area contributed by atoms with Gasteiger partial charge in [-0.15, -0.1) is 0 Å². The number of rotatable bonds is 2. The Labute approximate surface area is 64.9 Å². The van der Waals surface area contributed by atoms with Crippen LogP contribution in [0.1, 0.15) is 10.4 Å². The maximum atomic E-state index is 10.2. The average molecular weight is 154 g/mol. The fraction of sp³-hybridized carbons (Fsp3) is 0.125. The van der Waals surface area contributed by atoms with Gasteiger partial charge < -0.3 is 10.2 Å². The van der Waals surface area contributed by atoms with Gasteiger partial charge in [0.05, 0.1) is 7.11 Å². The number of aldehydes is 1. The van der Waals surface area contributed by atoms with Crippen LogP contribution in [0.2, 0.25) is 0 Å². The Morgan fingerprint density at radius 1 is 1.27 bits per heavy atom. The fourth-order valence-corrected chi connectivity index (χ4v) is 0.682. The molecular weight excluding hydrogens is 144 g/mol. The average Bonchev–Trinajstić information content (AvgIpc) is 2.05. The molecule has 0 radical (unpaired) electrons. The summed E-state index contributed by atoms with van der Waals surface area (Å²) in [5, 5.41) is 0. The summed E-state index contributed by atoms with van der Waals surface area (Å²) < 4.78 is 4.90. The molecule has 3 heteroatoms. The first-order valence-corrected chi connectivity index (χ1v) is 2.96. The largest absolute Gasteiger partial charge is 0.497 e. The molecule has 60 valence electrons. The van der Waals surface area contributed by atoms with Crippen LogP contribution in [0.4, 0.5) is 0 Å². The van der Waals surface area contributed by atoms with Gasteiger partial charge in [0, 0.05) is 5.56 Å². The van der Waals surface area contributed by atoms with Gasteiger partial charge in [-0.25, -0.2) is 0 Å². The highest BCUT2D eigenvalue weighted by Crippen LogP contribution is 2.09. The first-order valence-electron chi connectivity index (χ1n) is 2.96. The van der Waals surface area contributed by atoms with E-state index in [2.05, 4.69) is 0 Å². The first-order chi connectivity index (χ1) is 4.86. The Hall–Kier alpha value is -1.35. The monoisotopic (exact) mass is 154 g/mol. The van der Waals surface area contributed by atoms with E-state index in [1.807, 2.05) is 0 Å². The third kappa shape index (κ3) is 2.39. The van der Waals surface area contributed by atoms with Gasteiger partial charge in [0.1, 0.15) is 12.0 Å². The summed E-state index contributed by atoms with van der Waals surface area (Å²) in [4.78, 5) is 10.2. The van der Waals surface area contributed by atoms with Crippen molar-refractivity contribution in [1.29, 1.82) is 0 Å². The molecular formula is C8H10O3. The van der Waals surface area contributed by atoms with Crippen LogP contribution >= 0.6 is 0 Å². The van der Waals surface area contributed by atoms with Crippen LogP contribution in [0.15, 0.2) is 24.3 Å². The highest BCUT2D eigenvalue weighted by Gasteiger charge is 1.89. The van der Waals surface area contributed by atoms with Crippen molar-refractivity contribution in [3.63, 3.8) is 0 Å². The van der Waals surface area contributed by atoms with E-state index in [1.165, 1.54) is 0 Å². The summed E-state index contributed by atoms with van der Waals surface area (Å²) in [5.74, 6) is 0.769. The number of hydrogen-bond donors (Lipinski definition) is 0. The lowest BCUT2D eigenvalue weighted by molar-refractivity contribution is 0.112. The van der Waals surface area contributed by atoms with Crippen molar-refractivity contribution in [2.45, 2.75) is 0 Å². The highest BCUT2D eigenvalue weighted by molar-refractivity contribution is 5.74. The van der Waals surface area contributed by atoms with Gasteiger partial charge >= 0.3 is 0 Å². The molecule has 0 aliphatic rings. The van der Waals surface area contributed by atoms with Crippen molar-refractivity contribution in [2.24, 2.45) is 0 Å². The number of carbonyl (C=O) groups excluding carboxylic acids is 1. The molecule has 0 unspecified atom stereocenters. The van der Waals surface area contributed by atoms with Crippen LogP contribution in [0, 0.1) is 0 Å². The molecule has 0 spiro atoms. The van der Waals surface area contributed by atoms with Crippen molar-refractivity contribution in [3.05, 3.63) is 29.8 Å². The molecule has 1 aromatic rings. The molecule has 0 aliphatic carbocycles. The first kappa shape index (κ1) is 9.65. The Balaban J connectivity index is 0.000001000. The van der Waals surface area contributed by atoms with Gasteiger partial charge in [-0.1, -0.05) is 0 Å². The van der Waals surface area contributed by atoms with Gasteiger partial charge in [-0.05, 0) is 24.3 Å². The second-order valence-corrected chi connectivity index (χ2v) is 1.89. The molecule has 0 aliphatic heterocycles. The van der Waals surface area contributed by atoms with Crippen LogP contribution in [-0.2, 0) is 0 Å². The van der Waals surface area contributed by atoms with Gasteiger partial charge in [0.2, 0.25) is 0 Å². The van der Waals surface area contributed by atoms with Gasteiger partial charge in [-0.3, -0.25) is 4.79 Å². The third-order valence-electron chi connectivity index (χ3n) is 1.25. The van der Waals surface area contributed by atoms with E-state index in [4.69, 9.17) is 4.74 Å². The predicted octanol–water partition coefficient (Wildman–Crippen LogP) is 0.683. The van der Waals surface area contributed by atoms with E-state index >= 15 is 0 Å². The molecule has 0 bridgehead atoms. The van der Waals surface area contributed by atoms with E-state index in [-0.39, 0.29) is 5.48 Å². The maximum Gasteiger partial charge on any atom is 0.150 e. The molecule has 1 aromatic carbocycles. The minimum Gasteiger partial charge on any atom is -0.497 e. The normalized spacial score (nSPS) is 8.09. The van der Waals surface area contributed by atoms with Gasteiger partial charge in [0.15, 0.2) is 0 Å². The Kier molecular flexibility index (Phi) is 3.92. The predicted molar refractivity (Wildman–Crippen MR) is 42.0 cm³/mol. The smallest absolute Gasteiger partial charge is 0.150 e. The summed E-state index contributed by atoms with van der Waals surface area (Å²) in [6, 6.07) is 6.94. The summed E-state index contributed by atoms with van der Waals surface area (Å²) in [5.41, 5.74) is 0.667. The van der Waals surface area contributed by atoms with Gasteiger partial charge in [0.25, 0.3) is 0 Å². The third-order valence-corrected chi connectivity index (χ3v) is 1.25. The van der Waals surface area contributed by atoms with E-state index < -0.39 is 0 Å². The molecule has 1 rings (SSSR count). The van der Waals surface area contributed by atoms with Gasteiger partial charge in [-0.2, -0.15) is 0 Å². The SMILES string of the molecule is COc1ccc(C=O)cc1.O. The lowest BCUT2D eigenvalue weighted by atomic mass is 10.2. The number of benzene rings is 1. The molecule has 11 heavy (non-hydrogen) atoms. The fourth-order valence-electron chi connectivity index (χ4n) is 0.682. The molecule has 0 fully saturated rings. The highest BCUT2D eigenvalue weighted by atomic mass is 16.5. The lowest BCUT2D eigenvalue weighted by Crippen LogP contribution is -1.82. The van der Waals surface area contributed by atoms with E-state index in [1.54, 1.807) is 31.4 Å². The zero-order chi connectivity index (χ0) is 7.40. The summed E-state index contributed by atoms with van der Waals surface area (Å²) in [7, 11) is 1.59. The van der Waals surface area contributed by atoms with E-state index in [9.17, 15) is 4.79 Å². The number of carbonyl (C=O) groups is 1. The van der Waals surface area contributed by atoms with Crippen molar-refractivity contribution >= 4 is 6.29 Å². The zero-order valence-corrected chi connectivity index (χ0v) is 6.20. The molecule has 0 heterocycles. The second-order valence-electron chi connectivity index (χ2n) is 1.89. The van der Waals surface area contributed by atoms with Crippen molar-refractivity contribution < 1.29 is 15.0 Å². The van der Waals surface area contributed by atoms with Crippen molar-refractivity contribution in [3.8, 4) is 5.75 Å². The molecule has 3 nitrogen and oxygen atoms in total. The molecule has 0 aromatic heterocycles. The molecule has 0 amide bonds. The summed E-state index contributed by atoms with van der Waals surface area (Å²) in [6.45, 7) is 0. The Morgan fingerprint density at radius 3 is 2.18 bits per heavy atom. The minimum atomic E-state index is 0. The zero-order valence-electron chi connectivity index (χ0n) is 6.20. The van der Waals surface area contributed by atoms with E-state index in [0.29, 0.717) is 5.56 Å². The van der Waals surface area contributed by atoms with Crippen LogP contribution in [-0.4, -0.2) is 18.9 Å². The minimum absolute atomic E-state index is 0. The Morgan fingerprint density at radius 2 is 1.82 bits per heavy atom. The van der Waals surface area contributed by atoms with Crippen LogP contribution in [0.3, 0.4) is 0 Å². The van der Waals surface area contributed by atoms with Crippen LogP contribution < -0.4 is 4.74 Å². The van der Waals surface area contributed by atoms with Crippen LogP contribution in [0.5, 0.6) is 5.75 Å². The Bertz CT molecular complexity index is 215. The van der Waals surface area contributed by atoms with E-state index in [0.717, 1.165) is 12.0 Å². The van der Waals surface area contributed by atoms with Crippen LogP contribution in [0.25, 0.3) is 0 Å². The lowest BCUT2D eigenvalue weighted by Gasteiger charge is -1.96. The topological polar surface area (TPSA) is 57.8 Å². The molecule has 0 saturated carbocycles. The maximum absolute atomic E-state index is 10.2.